The Labute approximate surface area is 153 Å². The van der Waals surface area contributed by atoms with Crippen molar-refractivity contribution in [2.75, 3.05) is 5.75 Å². The van der Waals surface area contributed by atoms with Crippen LogP contribution in [-0.2, 0) is 0 Å². The fraction of sp³-hybridized carbons (Fsp3) is 0.174. The van der Waals surface area contributed by atoms with Crippen LogP contribution in [0.3, 0.4) is 0 Å². The maximum atomic E-state index is 8.97. The smallest absolute Gasteiger partial charge is 0.0991 e. The Morgan fingerprint density at radius 3 is 2.08 bits per heavy atom. The van der Waals surface area contributed by atoms with Crippen LogP contribution >= 0.6 is 11.8 Å². The molecule has 3 rings (SSSR count). The summed E-state index contributed by atoms with van der Waals surface area (Å²) in [5, 5.41) is 11.1. The number of nitriles is 1. The highest BCUT2D eigenvalue weighted by Crippen LogP contribution is 2.20. The van der Waals surface area contributed by atoms with Crippen molar-refractivity contribution in [3.8, 4) is 17.9 Å². The summed E-state index contributed by atoms with van der Waals surface area (Å²) < 4.78 is 0. The lowest BCUT2D eigenvalue weighted by Crippen LogP contribution is -1.81. The zero-order valence-electron chi connectivity index (χ0n) is 14.3. The van der Waals surface area contributed by atoms with Gasteiger partial charge in [0.05, 0.1) is 11.6 Å². The van der Waals surface area contributed by atoms with Crippen LogP contribution in [0.25, 0.3) is 10.8 Å². The summed E-state index contributed by atoms with van der Waals surface area (Å²) in [5.41, 5.74) is 2.70. The van der Waals surface area contributed by atoms with Gasteiger partial charge >= 0.3 is 0 Å². The van der Waals surface area contributed by atoms with Gasteiger partial charge in [0.2, 0.25) is 0 Å². The van der Waals surface area contributed by atoms with E-state index in [1.807, 2.05) is 42.1 Å². The Hall–Kier alpha value is -2.68. The lowest BCUT2D eigenvalue weighted by atomic mass is 10.0. The zero-order valence-corrected chi connectivity index (χ0v) is 15.1. The SMILES string of the molecule is CCCCSc1ccc(C#Cc2ccc3cc(C#N)ccc3c2)cc1. The van der Waals surface area contributed by atoms with E-state index >= 15 is 0 Å². The Bertz CT molecular complexity index is 969. The van der Waals surface area contributed by atoms with E-state index in [4.69, 9.17) is 5.26 Å². The number of hydrogen-bond acceptors (Lipinski definition) is 2. The summed E-state index contributed by atoms with van der Waals surface area (Å²) in [5.74, 6) is 7.64. The van der Waals surface area contributed by atoms with Gasteiger partial charge in [-0.2, -0.15) is 5.26 Å². The molecule has 3 aromatic rings. The number of thioether (sulfide) groups is 1. The van der Waals surface area contributed by atoms with Gasteiger partial charge in [0.1, 0.15) is 0 Å². The molecule has 0 radical (unpaired) electrons. The molecule has 0 heterocycles. The van der Waals surface area contributed by atoms with Gasteiger partial charge in [-0.25, -0.2) is 0 Å². The molecular weight excluding hydrogens is 322 g/mol. The van der Waals surface area contributed by atoms with Crippen LogP contribution in [0.5, 0.6) is 0 Å². The minimum atomic E-state index is 0.684. The highest BCUT2D eigenvalue weighted by Gasteiger charge is 1.97. The Kier molecular flexibility index (Phi) is 5.78. The van der Waals surface area contributed by atoms with Crippen molar-refractivity contribution < 1.29 is 0 Å². The Morgan fingerprint density at radius 2 is 1.40 bits per heavy atom. The molecule has 1 nitrogen and oxygen atoms in total. The van der Waals surface area contributed by atoms with Crippen molar-refractivity contribution in [2.24, 2.45) is 0 Å². The average Bonchev–Trinajstić information content (AvgIpc) is 2.67. The zero-order chi connectivity index (χ0) is 17.5. The second kappa shape index (κ2) is 8.43. The van der Waals surface area contributed by atoms with Crippen molar-refractivity contribution in [1.29, 1.82) is 5.26 Å². The molecule has 122 valence electrons. The number of rotatable bonds is 4. The highest BCUT2D eigenvalue weighted by atomic mass is 32.2. The van der Waals surface area contributed by atoms with E-state index in [0.29, 0.717) is 5.56 Å². The summed E-state index contributed by atoms with van der Waals surface area (Å²) in [6.45, 7) is 2.22. The third kappa shape index (κ3) is 4.66. The normalized spacial score (nSPS) is 10.1. The van der Waals surface area contributed by atoms with E-state index in [0.717, 1.165) is 21.9 Å². The Morgan fingerprint density at radius 1 is 0.800 bits per heavy atom. The topological polar surface area (TPSA) is 23.8 Å². The van der Waals surface area contributed by atoms with Crippen LogP contribution < -0.4 is 0 Å². The van der Waals surface area contributed by atoms with Gasteiger partial charge in [0.15, 0.2) is 0 Å². The summed E-state index contributed by atoms with van der Waals surface area (Å²) in [6, 6.07) is 22.4. The van der Waals surface area contributed by atoms with Crippen molar-refractivity contribution in [3.63, 3.8) is 0 Å². The quantitative estimate of drug-likeness (QED) is 0.330. The standard InChI is InChI=1S/C23H19NS/c1-2-3-14-25-23-12-8-18(9-13-23)4-5-19-6-10-22-16-20(17-24)7-11-21(22)15-19/h6-13,15-16H,2-3,14H2,1H3. The van der Waals surface area contributed by atoms with Gasteiger partial charge in [0.25, 0.3) is 0 Å². The summed E-state index contributed by atoms with van der Waals surface area (Å²) in [6.07, 6.45) is 2.49. The predicted octanol–water partition coefficient (Wildman–Crippen LogP) is 6.00. The van der Waals surface area contributed by atoms with Crippen LogP contribution in [-0.4, -0.2) is 5.75 Å². The maximum Gasteiger partial charge on any atom is 0.0991 e. The molecular formula is C23H19NS. The third-order valence-electron chi connectivity index (χ3n) is 3.94. The first-order chi connectivity index (χ1) is 12.3. The van der Waals surface area contributed by atoms with Crippen molar-refractivity contribution >= 4 is 22.5 Å². The lowest BCUT2D eigenvalue weighted by Gasteiger charge is -2.00. The number of hydrogen-bond donors (Lipinski definition) is 0. The van der Waals surface area contributed by atoms with Crippen molar-refractivity contribution in [2.45, 2.75) is 24.7 Å². The molecule has 0 fully saturated rings. The van der Waals surface area contributed by atoms with Crippen molar-refractivity contribution in [3.05, 3.63) is 77.4 Å². The summed E-state index contributed by atoms with van der Waals surface area (Å²) in [7, 11) is 0. The van der Waals surface area contributed by atoms with Gasteiger partial charge < -0.3 is 0 Å². The van der Waals surface area contributed by atoms with Gasteiger partial charge in [0, 0.05) is 16.0 Å². The predicted molar refractivity (Wildman–Crippen MR) is 107 cm³/mol. The monoisotopic (exact) mass is 341 g/mol. The molecule has 0 aliphatic rings. The van der Waals surface area contributed by atoms with Gasteiger partial charge in [-0.15, -0.1) is 11.8 Å². The fourth-order valence-electron chi connectivity index (χ4n) is 2.51. The lowest BCUT2D eigenvalue weighted by molar-refractivity contribution is 0.896. The second-order valence-electron chi connectivity index (χ2n) is 5.86. The van der Waals surface area contributed by atoms with E-state index in [1.165, 1.54) is 23.5 Å². The molecule has 0 unspecified atom stereocenters. The van der Waals surface area contributed by atoms with Crippen LogP contribution in [0.1, 0.15) is 36.5 Å². The van der Waals surface area contributed by atoms with Gasteiger partial charge in [-0.05, 0) is 71.5 Å². The van der Waals surface area contributed by atoms with E-state index in [9.17, 15) is 0 Å². The van der Waals surface area contributed by atoms with Crippen LogP contribution in [0.15, 0.2) is 65.6 Å². The first-order valence-electron chi connectivity index (χ1n) is 8.47. The van der Waals surface area contributed by atoms with E-state index in [1.54, 1.807) is 0 Å². The first-order valence-corrected chi connectivity index (χ1v) is 9.46. The van der Waals surface area contributed by atoms with Crippen LogP contribution in [0.2, 0.25) is 0 Å². The number of unbranched alkanes of at least 4 members (excludes halogenated alkanes) is 1. The summed E-state index contributed by atoms with van der Waals surface area (Å²) in [4.78, 5) is 1.30. The highest BCUT2D eigenvalue weighted by molar-refractivity contribution is 7.99. The van der Waals surface area contributed by atoms with Crippen LogP contribution in [0, 0.1) is 23.2 Å². The molecule has 0 atom stereocenters. The van der Waals surface area contributed by atoms with Crippen LogP contribution in [0.4, 0.5) is 0 Å². The molecule has 3 aromatic carbocycles. The molecule has 25 heavy (non-hydrogen) atoms. The number of nitrogens with zero attached hydrogens (tertiary/aromatic N) is 1. The molecule has 2 heteroatoms. The minimum Gasteiger partial charge on any atom is -0.192 e. The third-order valence-corrected chi connectivity index (χ3v) is 5.04. The second-order valence-corrected chi connectivity index (χ2v) is 7.03. The largest absolute Gasteiger partial charge is 0.192 e. The van der Waals surface area contributed by atoms with Gasteiger partial charge in [-0.3, -0.25) is 0 Å². The molecule has 0 aliphatic heterocycles. The van der Waals surface area contributed by atoms with E-state index in [2.05, 4.69) is 55.2 Å². The molecule has 0 bridgehead atoms. The fourth-order valence-corrected chi connectivity index (χ4v) is 3.50. The number of benzene rings is 3. The molecule has 0 aliphatic carbocycles. The van der Waals surface area contributed by atoms with E-state index < -0.39 is 0 Å². The first kappa shape index (κ1) is 17.2. The molecule has 0 saturated carbocycles. The number of fused-ring (bicyclic) bond motifs is 1. The van der Waals surface area contributed by atoms with Gasteiger partial charge in [-0.1, -0.05) is 37.3 Å². The maximum absolute atomic E-state index is 8.97. The molecule has 0 amide bonds. The molecule has 0 spiro atoms. The van der Waals surface area contributed by atoms with Crippen molar-refractivity contribution in [1.82, 2.24) is 0 Å². The summed E-state index contributed by atoms with van der Waals surface area (Å²) >= 11 is 1.90. The molecule has 0 saturated heterocycles. The molecule has 0 N–H and O–H groups in total. The van der Waals surface area contributed by atoms with E-state index in [-0.39, 0.29) is 0 Å². The average molecular weight is 341 g/mol. The Balaban J connectivity index is 1.74. The minimum absolute atomic E-state index is 0.684. The molecule has 0 aromatic heterocycles.